The highest BCUT2D eigenvalue weighted by atomic mass is 79.9. The molecule has 0 spiro atoms. The lowest BCUT2D eigenvalue weighted by atomic mass is 10.1. The number of sulfone groups is 1. The lowest BCUT2D eigenvalue weighted by molar-refractivity contribution is 0.612. The van der Waals surface area contributed by atoms with Crippen LogP contribution in [0.2, 0.25) is 10.0 Å². The van der Waals surface area contributed by atoms with E-state index in [0.717, 1.165) is 11.8 Å². The van der Waals surface area contributed by atoms with Gasteiger partial charge in [-0.15, -0.1) is 0 Å². The summed E-state index contributed by atoms with van der Waals surface area (Å²) >= 11 is 15.3. The van der Waals surface area contributed by atoms with Gasteiger partial charge in [0.15, 0.2) is 0 Å². The second kappa shape index (κ2) is 5.52. The highest BCUT2D eigenvalue weighted by Crippen LogP contribution is 2.31. The zero-order valence-electron chi connectivity index (χ0n) is 9.82. The van der Waals surface area contributed by atoms with Gasteiger partial charge in [0.05, 0.1) is 21.1 Å². The van der Waals surface area contributed by atoms with Crippen molar-refractivity contribution in [3.8, 4) is 0 Å². The van der Waals surface area contributed by atoms with E-state index in [-0.39, 0.29) is 11.7 Å². The van der Waals surface area contributed by atoms with Crippen LogP contribution in [0.4, 0.5) is 0 Å². The molecule has 0 atom stereocenters. The second-order valence-electron chi connectivity index (χ2n) is 4.10. The molecule has 4 nitrogen and oxygen atoms in total. The van der Waals surface area contributed by atoms with Crippen LogP contribution in [0, 0.1) is 0 Å². The molecule has 0 N–H and O–H groups in total. The third kappa shape index (κ3) is 3.56. The summed E-state index contributed by atoms with van der Waals surface area (Å²) < 4.78 is 23.2. The molecule has 102 valence electrons. The maximum atomic E-state index is 11.3. The van der Waals surface area contributed by atoms with Gasteiger partial charge in [-0.1, -0.05) is 23.2 Å². The molecule has 1 aliphatic heterocycles. The Balaban J connectivity index is 2.21. The molecule has 1 heterocycles. The predicted molar refractivity (Wildman–Crippen MR) is 82.4 cm³/mol. The molecule has 0 aromatic heterocycles. The molecule has 0 fully saturated rings. The minimum Gasteiger partial charge on any atom is -0.250 e. The van der Waals surface area contributed by atoms with Gasteiger partial charge >= 0.3 is 0 Å². The molecule has 1 aliphatic rings. The molecular weight excluding hydrogens is 375 g/mol. The van der Waals surface area contributed by atoms with Crippen LogP contribution >= 0.6 is 39.1 Å². The van der Waals surface area contributed by atoms with E-state index in [2.05, 4.69) is 25.9 Å². The fraction of sp³-hybridized carbons (Fsp3) is 0.273. The first kappa shape index (κ1) is 15.0. The van der Waals surface area contributed by atoms with E-state index >= 15 is 0 Å². The maximum absolute atomic E-state index is 11.3. The van der Waals surface area contributed by atoms with Crippen molar-refractivity contribution in [2.45, 2.75) is 6.42 Å². The molecule has 1 aromatic carbocycles. The zero-order valence-corrected chi connectivity index (χ0v) is 13.7. The Kier molecular flexibility index (Phi) is 4.35. The Morgan fingerprint density at radius 2 is 1.89 bits per heavy atom. The summed E-state index contributed by atoms with van der Waals surface area (Å²) in [4.78, 5) is 7.91. The normalized spacial score (nSPS) is 15.4. The summed E-state index contributed by atoms with van der Waals surface area (Å²) in [6.45, 7) is 0.285. The fourth-order valence-electron chi connectivity index (χ4n) is 1.61. The number of nitrogens with zero attached hydrogens (tertiary/aromatic N) is 2. The van der Waals surface area contributed by atoms with Crippen LogP contribution in [0.15, 0.2) is 26.6 Å². The first-order valence-electron chi connectivity index (χ1n) is 5.22. The zero-order chi connectivity index (χ0) is 14.2. The molecule has 0 bridgehead atoms. The molecular formula is C11H9BrCl2N2O2S. The Morgan fingerprint density at radius 3 is 2.37 bits per heavy atom. The van der Waals surface area contributed by atoms with Crippen molar-refractivity contribution >= 4 is 59.8 Å². The number of aliphatic imine (C=N–C) groups is 2. The molecule has 0 radical (unpaired) electrons. The van der Waals surface area contributed by atoms with Gasteiger partial charge in [-0.3, -0.25) is 4.99 Å². The number of hydrogen-bond acceptors (Lipinski definition) is 4. The summed E-state index contributed by atoms with van der Waals surface area (Å²) in [5.74, 6) is 0. The van der Waals surface area contributed by atoms with Gasteiger partial charge in [-0.25, -0.2) is 13.4 Å². The average molecular weight is 384 g/mol. The number of rotatable bonds is 2. The van der Waals surface area contributed by atoms with Crippen LogP contribution in [0.3, 0.4) is 0 Å². The van der Waals surface area contributed by atoms with Gasteiger partial charge in [0.1, 0.15) is 0 Å². The summed E-state index contributed by atoms with van der Waals surface area (Å²) in [7, 11) is -3.35. The molecule has 0 saturated carbocycles. The van der Waals surface area contributed by atoms with Crippen LogP contribution in [0.25, 0.3) is 0 Å². The molecule has 8 heteroatoms. The van der Waals surface area contributed by atoms with Crippen molar-refractivity contribution in [2.24, 2.45) is 9.98 Å². The van der Waals surface area contributed by atoms with Gasteiger partial charge in [-0.05, 0) is 33.6 Å². The van der Waals surface area contributed by atoms with Crippen molar-refractivity contribution in [3.05, 3.63) is 32.2 Å². The fourth-order valence-corrected chi connectivity index (χ4v) is 2.96. The second-order valence-corrected chi connectivity index (χ2v) is 7.62. The predicted octanol–water partition coefficient (Wildman–Crippen LogP) is 3.15. The van der Waals surface area contributed by atoms with E-state index in [1.54, 1.807) is 12.1 Å². The summed E-state index contributed by atoms with van der Waals surface area (Å²) in [6.07, 6.45) is 1.56. The standard InChI is InChI=1S/C11H9BrCl2N2O2S/c1-19(17,18)11-15-5-7(16-11)2-6-3-8(13)10(12)9(14)4-6/h3-4H,2,5H2,1H3. The number of halogens is 3. The Labute approximate surface area is 129 Å². The van der Waals surface area contributed by atoms with Crippen molar-refractivity contribution in [3.63, 3.8) is 0 Å². The first-order chi connectivity index (χ1) is 8.77. The van der Waals surface area contributed by atoms with Crippen molar-refractivity contribution in [1.29, 1.82) is 0 Å². The molecule has 2 rings (SSSR count). The number of amidine groups is 1. The largest absolute Gasteiger partial charge is 0.250 e. The third-order valence-corrected chi connectivity index (χ3v) is 5.22. The van der Waals surface area contributed by atoms with E-state index in [1.807, 2.05) is 0 Å². The lowest BCUT2D eigenvalue weighted by Gasteiger charge is -2.05. The highest BCUT2D eigenvalue weighted by molar-refractivity contribution is 9.10. The maximum Gasteiger partial charge on any atom is 0.242 e. The SMILES string of the molecule is CS(=O)(=O)C1=NCC(Cc2cc(Cl)c(Br)c(Cl)c2)=N1. The smallest absolute Gasteiger partial charge is 0.242 e. The molecule has 0 unspecified atom stereocenters. The third-order valence-electron chi connectivity index (χ3n) is 2.43. The monoisotopic (exact) mass is 382 g/mol. The quantitative estimate of drug-likeness (QED) is 0.736. The molecule has 0 amide bonds. The molecule has 1 aromatic rings. The van der Waals surface area contributed by atoms with E-state index < -0.39 is 9.84 Å². The van der Waals surface area contributed by atoms with Crippen LogP contribution in [0.5, 0.6) is 0 Å². The van der Waals surface area contributed by atoms with Gasteiger partial charge in [0, 0.05) is 18.4 Å². The van der Waals surface area contributed by atoms with E-state index in [1.165, 1.54) is 0 Å². The number of benzene rings is 1. The average Bonchev–Trinajstić information content (AvgIpc) is 2.74. The van der Waals surface area contributed by atoms with Crippen molar-refractivity contribution in [1.82, 2.24) is 0 Å². The van der Waals surface area contributed by atoms with Gasteiger partial charge in [0.2, 0.25) is 15.0 Å². The van der Waals surface area contributed by atoms with Crippen molar-refractivity contribution in [2.75, 3.05) is 12.8 Å². The molecule has 0 saturated heterocycles. The van der Waals surface area contributed by atoms with Crippen LogP contribution < -0.4 is 0 Å². The van der Waals surface area contributed by atoms with Gasteiger partial charge in [0.25, 0.3) is 0 Å². The van der Waals surface area contributed by atoms with Gasteiger partial charge < -0.3 is 0 Å². The summed E-state index contributed by atoms with van der Waals surface area (Å²) in [5, 5.41) is 0.896. The van der Waals surface area contributed by atoms with Crippen LogP contribution in [-0.4, -0.2) is 32.1 Å². The van der Waals surface area contributed by atoms with E-state index in [0.29, 0.717) is 26.7 Å². The first-order valence-corrected chi connectivity index (χ1v) is 8.66. The molecule has 19 heavy (non-hydrogen) atoms. The molecule has 0 aliphatic carbocycles. The Bertz CT molecular complexity index is 676. The van der Waals surface area contributed by atoms with Crippen LogP contribution in [0.1, 0.15) is 5.56 Å². The minimum absolute atomic E-state index is 0.114. The Morgan fingerprint density at radius 1 is 1.32 bits per heavy atom. The topological polar surface area (TPSA) is 58.9 Å². The highest BCUT2D eigenvalue weighted by Gasteiger charge is 2.19. The van der Waals surface area contributed by atoms with Gasteiger partial charge in [-0.2, -0.15) is 0 Å². The summed E-state index contributed by atoms with van der Waals surface area (Å²) in [5.41, 5.74) is 1.54. The minimum atomic E-state index is -3.35. The van der Waals surface area contributed by atoms with Crippen molar-refractivity contribution < 1.29 is 8.42 Å². The van der Waals surface area contributed by atoms with E-state index in [4.69, 9.17) is 23.2 Å². The Hall–Kier alpha value is -0.430. The lowest BCUT2D eigenvalue weighted by Crippen LogP contribution is -2.08. The van der Waals surface area contributed by atoms with E-state index in [9.17, 15) is 8.42 Å². The summed E-state index contributed by atoms with van der Waals surface area (Å²) in [6, 6.07) is 3.52. The van der Waals surface area contributed by atoms with Crippen LogP contribution in [-0.2, 0) is 16.3 Å². The number of hydrogen-bond donors (Lipinski definition) is 0.